The average Bonchev–Trinajstić information content (AvgIpc) is 2.54. The number of nitrogens with zero attached hydrogens (tertiary/aromatic N) is 1. The quantitative estimate of drug-likeness (QED) is 0.326. The summed E-state index contributed by atoms with van der Waals surface area (Å²) < 4.78 is 12.5. The number of hydrogen-bond acceptors (Lipinski definition) is 4. The number of oxime groups is 1. The van der Waals surface area contributed by atoms with Crippen LogP contribution in [0.15, 0.2) is 38.4 Å². The molecule has 0 aromatic heterocycles. The van der Waals surface area contributed by atoms with Crippen LogP contribution in [-0.2, 0) is 6.61 Å². The van der Waals surface area contributed by atoms with Crippen LogP contribution in [0.3, 0.4) is 0 Å². The van der Waals surface area contributed by atoms with Crippen LogP contribution in [-0.4, -0.2) is 18.5 Å². The highest BCUT2D eigenvalue weighted by Crippen LogP contribution is 2.42. The van der Waals surface area contributed by atoms with Crippen LogP contribution < -0.4 is 9.47 Å². The normalized spacial score (nSPS) is 11.0. The van der Waals surface area contributed by atoms with E-state index in [0.29, 0.717) is 36.1 Å². The molecule has 0 radical (unpaired) electrons. The van der Waals surface area contributed by atoms with E-state index in [-0.39, 0.29) is 6.61 Å². The summed E-state index contributed by atoms with van der Waals surface area (Å²) in [5, 5.41) is 12.7. The fraction of sp³-hybridized carbons (Fsp3) is 0.133. The van der Waals surface area contributed by atoms with E-state index in [0.717, 1.165) is 5.56 Å². The summed E-state index contributed by atoms with van der Waals surface area (Å²) in [6.07, 6.45) is 1.29. The van der Waals surface area contributed by atoms with Crippen molar-refractivity contribution in [3.63, 3.8) is 0 Å². The van der Waals surface area contributed by atoms with Gasteiger partial charge in [0.1, 0.15) is 6.61 Å². The molecule has 0 bridgehead atoms. The maximum Gasteiger partial charge on any atom is 0.177 e. The van der Waals surface area contributed by atoms with Crippen LogP contribution in [0.2, 0.25) is 10.0 Å². The molecule has 23 heavy (non-hydrogen) atoms. The number of methoxy groups -OCH3 is 1. The summed E-state index contributed by atoms with van der Waals surface area (Å²) >= 11 is 18.8. The predicted octanol–water partition coefficient (Wildman–Crippen LogP) is 5.91. The highest BCUT2D eigenvalue weighted by Gasteiger charge is 2.16. The molecule has 0 spiro atoms. The van der Waals surface area contributed by atoms with Crippen molar-refractivity contribution < 1.29 is 14.7 Å². The van der Waals surface area contributed by atoms with Crippen molar-refractivity contribution >= 4 is 61.3 Å². The zero-order valence-corrected chi connectivity index (χ0v) is 16.5. The molecule has 2 rings (SSSR count). The Bertz CT molecular complexity index is 754. The number of hydrogen-bond donors (Lipinski definition) is 1. The second kappa shape index (κ2) is 8.24. The zero-order valence-electron chi connectivity index (χ0n) is 11.8. The van der Waals surface area contributed by atoms with Crippen LogP contribution in [0.25, 0.3) is 0 Å². The van der Waals surface area contributed by atoms with Crippen LogP contribution >= 0.6 is 55.1 Å². The summed E-state index contributed by atoms with van der Waals surface area (Å²) in [7, 11) is 1.53. The van der Waals surface area contributed by atoms with Crippen molar-refractivity contribution in [2.45, 2.75) is 6.61 Å². The van der Waals surface area contributed by atoms with Crippen LogP contribution in [0.4, 0.5) is 0 Å². The molecule has 4 nitrogen and oxygen atoms in total. The Morgan fingerprint density at radius 3 is 2.52 bits per heavy atom. The monoisotopic (exact) mass is 481 g/mol. The lowest BCUT2D eigenvalue weighted by atomic mass is 10.2. The van der Waals surface area contributed by atoms with E-state index in [1.54, 1.807) is 18.2 Å². The minimum atomic E-state index is 0.283. The third-order valence-electron chi connectivity index (χ3n) is 2.94. The van der Waals surface area contributed by atoms with E-state index in [1.807, 2.05) is 6.07 Å². The fourth-order valence-electron chi connectivity index (χ4n) is 1.83. The molecule has 122 valence electrons. The third kappa shape index (κ3) is 4.32. The molecule has 0 saturated carbocycles. The maximum atomic E-state index is 8.71. The number of rotatable bonds is 5. The minimum absolute atomic E-state index is 0.283. The lowest BCUT2D eigenvalue weighted by molar-refractivity contribution is 0.282. The fourth-order valence-corrected chi connectivity index (χ4v) is 3.09. The third-order valence-corrected chi connectivity index (χ3v) is 5.82. The molecule has 0 amide bonds. The molecule has 0 saturated heterocycles. The molecular formula is C15H11Br2Cl2NO3. The van der Waals surface area contributed by atoms with Gasteiger partial charge in [-0.15, -0.1) is 0 Å². The Balaban J connectivity index is 2.31. The Morgan fingerprint density at radius 2 is 1.91 bits per heavy atom. The number of ether oxygens (including phenoxy) is 2. The van der Waals surface area contributed by atoms with Gasteiger partial charge in [0.25, 0.3) is 0 Å². The van der Waals surface area contributed by atoms with Crippen molar-refractivity contribution in [3.05, 3.63) is 54.4 Å². The Hall–Kier alpha value is -0.950. The largest absolute Gasteiger partial charge is 0.493 e. The standard InChI is InChI=1S/C15H11Br2Cl2NO3/c1-22-12-5-9(6-20-21)13(16)14(17)15(12)23-7-8-2-3-10(18)11(19)4-8/h2-6,21H,7H2,1H3. The van der Waals surface area contributed by atoms with Gasteiger partial charge >= 0.3 is 0 Å². The molecule has 0 aliphatic rings. The highest BCUT2D eigenvalue weighted by molar-refractivity contribution is 9.13. The first-order valence-electron chi connectivity index (χ1n) is 6.28. The number of halogens is 4. The van der Waals surface area contributed by atoms with Gasteiger partial charge in [0.05, 0.1) is 27.8 Å². The van der Waals surface area contributed by atoms with Gasteiger partial charge in [-0.2, -0.15) is 0 Å². The summed E-state index contributed by atoms with van der Waals surface area (Å²) in [5.41, 5.74) is 1.50. The van der Waals surface area contributed by atoms with E-state index < -0.39 is 0 Å². The van der Waals surface area contributed by atoms with Gasteiger partial charge in [-0.05, 0) is 55.6 Å². The van der Waals surface area contributed by atoms with Gasteiger partial charge in [-0.3, -0.25) is 0 Å². The molecule has 0 aliphatic carbocycles. The van der Waals surface area contributed by atoms with Gasteiger partial charge < -0.3 is 14.7 Å². The first-order chi connectivity index (χ1) is 11.0. The molecule has 0 heterocycles. The van der Waals surface area contributed by atoms with Crippen molar-refractivity contribution in [2.24, 2.45) is 5.16 Å². The van der Waals surface area contributed by atoms with E-state index >= 15 is 0 Å². The summed E-state index contributed by atoms with van der Waals surface area (Å²) in [4.78, 5) is 0. The van der Waals surface area contributed by atoms with Gasteiger partial charge in [0.15, 0.2) is 11.5 Å². The van der Waals surface area contributed by atoms with E-state index in [1.165, 1.54) is 13.3 Å². The molecule has 8 heteroatoms. The summed E-state index contributed by atoms with van der Waals surface area (Å²) in [6, 6.07) is 6.98. The Morgan fingerprint density at radius 1 is 1.17 bits per heavy atom. The number of benzene rings is 2. The Kier molecular flexibility index (Phi) is 6.59. The van der Waals surface area contributed by atoms with Gasteiger partial charge in [-0.25, -0.2) is 0 Å². The molecule has 1 N–H and O–H groups in total. The van der Waals surface area contributed by atoms with Crippen molar-refractivity contribution in [3.8, 4) is 11.5 Å². The SMILES string of the molecule is COc1cc(C=NO)c(Br)c(Br)c1OCc1ccc(Cl)c(Cl)c1. The summed E-state index contributed by atoms with van der Waals surface area (Å²) in [5.74, 6) is 1.01. The van der Waals surface area contributed by atoms with E-state index in [4.69, 9.17) is 37.9 Å². The molecule has 0 atom stereocenters. The summed E-state index contributed by atoms with van der Waals surface area (Å²) in [6.45, 7) is 0.283. The van der Waals surface area contributed by atoms with Gasteiger partial charge in [0.2, 0.25) is 0 Å². The minimum Gasteiger partial charge on any atom is -0.493 e. The Labute approximate surface area is 160 Å². The lowest BCUT2D eigenvalue weighted by Crippen LogP contribution is -2.00. The van der Waals surface area contributed by atoms with Crippen LogP contribution in [0, 0.1) is 0 Å². The van der Waals surface area contributed by atoms with Gasteiger partial charge in [0, 0.05) is 10.0 Å². The average molecular weight is 484 g/mol. The molecule has 2 aromatic carbocycles. The first-order valence-corrected chi connectivity index (χ1v) is 8.62. The van der Waals surface area contributed by atoms with Crippen LogP contribution in [0.1, 0.15) is 11.1 Å². The van der Waals surface area contributed by atoms with Crippen LogP contribution in [0.5, 0.6) is 11.5 Å². The zero-order chi connectivity index (χ0) is 17.0. The van der Waals surface area contributed by atoms with Crippen molar-refractivity contribution in [1.29, 1.82) is 0 Å². The second-order valence-electron chi connectivity index (χ2n) is 4.41. The lowest BCUT2D eigenvalue weighted by Gasteiger charge is -2.15. The second-order valence-corrected chi connectivity index (χ2v) is 6.81. The highest BCUT2D eigenvalue weighted by atomic mass is 79.9. The van der Waals surface area contributed by atoms with Crippen molar-refractivity contribution in [2.75, 3.05) is 7.11 Å². The topological polar surface area (TPSA) is 51.0 Å². The molecular weight excluding hydrogens is 473 g/mol. The molecule has 2 aromatic rings. The maximum absolute atomic E-state index is 8.71. The van der Waals surface area contributed by atoms with Crippen molar-refractivity contribution in [1.82, 2.24) is 0 Å². The first kappa shape index (κ1) is 18.4. The molecule has 0 fully saturated rings. The van der Waals surface area contributed by atoms with E-state index in [9.17, 15) is 0 Å². The molecule has 0 unspecified atom stereocenters. The van der Waals surface area contributed by atoms with E-state index in [2.05, 4.69) is 37.0 Å². The van der Waals surface area contributed by atoms with Gasteiger partial charge in [-0.1, -0.05) is 34.4 Å². The smallest absolute Gasteiger partial charge is 0.177 e. The molecule has 0 aliphatic heterocycles. The predicted molar refractivity (Wildman–Crippen MR) is 98.6 cm³/mol.